The number of halogens is 2. The molecule has 0 bridgehead atoms. The quantitative estimate of drug-likeness (QED) is 0.811. The lowest BCUT2D eigenvalue weighted by atomic mass is 9.89. The molecule has 0 aromatic carbocycles. The second-order valence-electron chi connectivity index (χ2n) is 7.74. The zero-order chi connectivity index (χ0) is 17.9. The van der Waals surface area contributed by atoms with Crippen LogP contribution in [0, 0.1) is 5.92 Å². The number of nitrogens with one attached hydrogen (secondary N) is 2. The van der Waals surface area contributed by atoms with Gasteiger partial charge in [-0.15, -0.1) is 0 Å². The fraction of sp³-hybridized carbons (Fsp3) is 0.944. The molecule has 3 aliphatic rings. The van der Waals surface area contributed by atoms with Crippen LogP contribution in [0.2, 0.25) is 0 Å². The molecular formula is C18H31F2N3O2. The minimum absolute atomic E-state index is 0.129. The van der Waals surface area contributed by atoms with Crippen molar-refractivity contribution in [2.45, 2.75) is 75.6 Å². The van der Waals surface area contributed by atoms with Crippen LogP contribution < -0.4 is 10.6 Å². The van der Waals surface area contributed by atoms with Crippen molar-refractivity contribution in [2.24, 2.45) is 5.92 Å². The Hall–Kier alpha value is -0.790. The summed E-state index contributed by atoms with van der Waals surface area (Å²) >= 11 is 0. The van der Waals surface area contributed by atoms with Crippen LogP contribution in [0.4, 0.5) is 8.78 Å². The highest BCUT2D eigenvalue weighted by atomic mass is 19.3. The van der Waals surface area contributed by atoms with Gasteiger partial charge in [-0.2, -0.15) is 0 Å². The number of hydrogen-bond acceptors (Lipinski definition) is 4. The van der Waals surface area contributed by atoms with Gasteiger partial charge in [-0.1, -0.05) is 32.1 Å². The molecule has 1 saturated carbocycles. The number of nitrogens with zero attached hydrogens (tertiary/aromatic N) is 1. The summed E-state index contributed by atoms with van der Waals surface area (Å²) in [6.45, 7) is 0.311. The summed E-state index contributed by atoms with van der Waals surface area (Å²) in [4.78, 5) is 14.0. The lowest BCUT2D eigenvalue weighted by Crippen LogP contribution is -2.57. The number of methoxy groups -OCH3 is 1. The van der Waals surface area contributed by atoms with Gasteiger partial charge < -0.3 is 9.64 Å². The summed E-state index contributed by atoms with van der Waals surface area (Å²) in [7, 11) is 1.30. The van der Waals surface area contributed by atoms with Crippen LogP contribution in [0.1, 0.15) is 51.4 Å². The first-order chi connectivity index (χ1) is 12.0. The smallest absolute Gasteiger partial charge is 0.290 e. The van der Waals surface area contributed by atoms with Crippen molar-refractivity contribution < 1.29 is 18.3 Å². The van der Waals surface area contributed by atoms with E-state index in [1.165, 1.54) is 57.0 Å². The van der Waals surface area contributed by atoms with Crippen LogP contribution in [-0.2, 0) is 9.53 Å². The maximum atomic E-state index is 14.1. The number of rotatable bonds is 3. The molecule has 2 heterocycles. The summed E-state index contributed by atoms with van der Waals surface area (Å²) < 4.78 is 33.0. The Morgan fingerprint density at radius 1 is 1.12 bits per heavy atom. The van der Waals surface area contributed by atoms with Crippen molar-refractivity contribution in [3.05, 3.63) is 0 Å². The first-order valence-electron chi connectivity index (χ1n) is 9.70. The SMILES string of the molecule is CO[C@H]1CCN(C(=O)C2CNC(C3CCCCCCC3)N2)CC1(F)F. The first-order valence-corrected chi connectivity index (χ1v) is 9.70. The second kappa shape index (κ2) is 8.27. The van der Waals surface area contributed by atoms with Gasteiger partial charge in [-0.05, 0) is 25.2 Å². The van der Waals surface area contributed by atoms with Gasteiger partial charge in [0.05, 0.1) is 12.7 Å². The van der Waals surface area contributed by atoms with Crippen molar-refractivity contribution in [1.82, 2.24) is 15.5 Å². The highest BCUT2D eigenvalue weighted by Crippen LogP contribution is 2.30. The van der Waals surface area contributed by atoms with Gasteiger partial charge in [0.25, 0.3) is 5.92 Å². The molecule has 1 aliphatic carbocycles. The van der Waals surface area contributed by atoms with Crippen molar-refractivity contribution in [1.29, 1.82) is 0 Å². The first kappa shape index (κ1) is 19.0. The lowest BCUT2D eigenvalue weighted by Gasteiger charge is -2.38. The lowest BCUT2D eigenvalue weighted by molar-refractivity contribution is -0.173. The molecular weight excluding hydrogens is 328 g/mol. The van der Waals surface area contributed by atoms with Crippen LogP contribution in [0.25, 0.3) is 0 Å². The van der Waals surface area contributed by atoms with Gasteiger partial charge in [0, 0.05) is 20.2 Å². The van der Waals surface area contributed by atoms with E-state index in [4.69, 9.17) is 4.74 Å². The van der Waals surface area contributed by atoms with Crippen molar-refractivity contribution in [3.63, 3.8) is 0 Å². The Balaban J connectivity index is 1.53. The third kappa shape index (κ3) is 4.49. The maximum Gasteiger partial charge on any atom is 0.290 e. The molecule has 0 radical (unpaired) electrons. The summed E-state index contributed by atoms with van der Waals surface area (Å²) in [5.74, 6) is -2.66. The summed E-state index contributed by atoms with van der Waals surface area (Å²) in [5.41, 5.74) is 0. The number of carbonyl (C=O) groups is 1. The number of amides is 1. The molecule has 5 nitrogen and oxygen atoms in total. The number of alkyl halides is 2. The molecule has 2 N–H and O–H groups in total. The monoisotopic (exact) mass is 359 g/mol. The number of hydrogen-bond donors (Lipinski definition) is 2. The van der Waals surface area contributed by atoms with Gasteiger partial charge >= 0.3 is 0 Å². The second-order valence-corrected chi connectivity index (χ2v) is 7.74. The van der Waals surface area contributed by atoms with Crippen LogP contribution in [0.5, 0.6) is 0 Å². The van der Waals surface area contributed by atoms with Crippen LogP contribution >= 0.6 is 0 Å². The van der Waals surface area contributed by atoms with E-state index >= 15 is 0 Å². The van der Waals surface area contributed by atoms with Crippen molar-refractivity contribution in [3.8, 4) is 0 Å². The predicted molar refractivity (Wildman–Crippen MR) is 91.5 cm³/mol. The molecule has 25 heavy (non-hydrogen) atoms. The number of likely N-dealkylation sites (tertiary alicyclic amines) is 1. The standard InChI is InChI=1S/C18H31F2N3O2/c1-25-15-9-10-23(12-18(15,19)20)17(24)14-11-21-16(22-14)13-7-5-3-2-4-6-8-13/h13-16,21-22H,2-12H2,1H3/t14?,15-,16?/m0/s1. The molecule has 2 saturated heterocycles. The number of carbonyl (C=O) groups excluding carboxylic acids is 1. The van der Waals surface area contributed by atoms with Gasteiger partial charge in [0.1, 0.15) is 12.1 Å². The summed E-state index contributed by atoms with van der Waals surface area (Å²) in [6, 6.07) is -0.398. The van der Waals surface area contributed by atoms with Crippen LogP contribution in [0.3, 0.4) is 0 Å². The highest BCUT2D eigenvalue weighted by Gasteiger charge is 2.47. The molecule has 2 unspecified atom stereocenters. The molecule has 0 aromatic heterocycles. The zero-order valence-corrected chi connectivity index (χ0v) is 15.1. The van der Waals surface area contributed by atoms with Gasteiger partial charge in [-0.25, -0.2) is 8.78 Å². The average Bonchev–Trinajstić information content (AvgIpc) is 3.02. The van der Waals surface area contributed by atoms with E-state index in [0.29, 0.717) is 19.0 Å². The van der Waals surface area contributed by atoms with E-state index < -0.39 is 24.6 Å². The third-order valence-corrected chi connectivity index (χ3v) is 5.97. The Kier molecular flexibility index (Phi) is 6.28. The minimum Gasteiger partial charge on any atom is -0.375 e. The predicted octanol–water partition coefficient (Wildman–Crippen LogP) is 2.12. The Morgan fingerprint density at radius 3 is 2.44 bits per heavy atom. The van der Waals surface area contributed by atoms with E-state index in [2.05, 4.69) is 10.6 Å². The van der Waals surface area contributed by atoms with Crippen molar-refractivity contribution >= 4 is 5.91 Å². The molecule has 0 spiro atoms. The molecule has 3 atom stereocenters. The molecule has 3 rings (SSSR count). The van der Waals surface area contributed by atoms with E-state index in [9.17, 15) is 13.6 Å². The van der Waals surface area contributed by atoms with E-state index in [-0.39, 0.29) is 18.5 Å². The fourth-order valence-corrected chi connectivity index (χ4v) is 4.48. The average molecular weight is 359 g/mol. The Morgan fingerprint density at radius 2 is 1.80 bits per heavy atom. The maximum absolute atomic E-state index is 14.1. The summed E-state index contributed by atoms with van der Waals surface area (Å²) in [6.07, 6.45) is 7.93. The van der Waals surface area contributed by atoms with Gasteiger partial charge in [0.2, 0.25) is 5.91 Å². The molecule has 1 amide bonds. The molecule has 144 valence electrons. The van der Waals surface area contributed by atoms with Gasteiger partial charge in [-0.3, -0.25) is 15.4 Å². The largest absolute Gasteiger partial charge is 0.375 e. The fourth-order valence-electron chi connectivity index (χ4n) is 4.48. The molecule has 0 aromatic rings. The van der Waals surface area contributed by atoms with Crippen LogP contribution in [-0.4, -0.2) is 61.8 Å². The molecule has 3 fully saturated rings. The topological polar surface area (TPSA) is 53.6 Å². The zero-order valence-electron chi connectivity index (χ0n) is 15.1. The van der Waals surface area contributed by atoms with E-state index in [0.717, 1.165) is 0 Å². The van der Waals surface area contributed by atoms with E-state index in [1.54, 1.807) is 0 Å². The number of piperidine rings is 1. The number of ether oxygens (including phenoxy) is 1. The van der Waals surface area contributed by atoms with Gasteiger partial charge in [0.15, 0.2) is 0 Å². The Labute approximate surface area is 148 Å². The highest BCUT2D eigenvalue weighted by molar-refractivity contribution is 5.82. The Bertz CT molecular complexity index is 456. The molecule has 2 aliphatic heterocycles. The van der Waals surface area contributed by atoms with E-state index in [1.807, 2.05) is 0 Å². The molecule has 7 heteroatoms. The normalized spacial score (nSPS) is 34.5. The summed E-state index contributed by atoms with van der Waals surface area (Å²) in [5, 5.41) is 6.79. The van der Waals surface area contributed by atoms with Crippen molar-refractivity contribution in [2.75, 3.05) is 26.7 Å². The van der Waals surface area contributed by atoms with Crippen LogP contribution in [0.15, 0.2) is 0 Å². The minimum atomic E-state index is -2.98. The third-order valence-electron chi connectivity index (χ3n) is 5.97.